The topological polar surface area (TPSA) is 22.1 Å². The van der Waals surface area contributed by atoms with Gasteiger partial charge in [-0.2, -0.15) is 0 Å². The molecule has 0 aliphatic carbocycles. The van der Waals surface area contributed by atoms with Gasteiger partial charge in [0.1, 0.15) is 0 Å². The molecule has 2 atom stereocenters. The highest BCUT2D eigenvalue weighted by molar-refractivity contribution is 14.0. The average Bonchev–Trinajstić information content (AvgIpc) is 2.82. The summed E-state index contributed by atoms with van der Waals surface area (Å²) in [6.45, 7) is 6.17. The Morgan fingerprint density at radius 2 is 1.82 bits per heavy atom. The van der Waals surface area contributed by atoms with E-state index in [-0.39, 0.29) is 29.5 Å². The molecule has 4 nitrogen and oxygen atoms in total. The molecule has 0 bridgehead atoms. The highest BCUT2D eigenvalue weighted by Crippen LogP contribution is 2.38. The third-order valence-electron chi connectivity index (χ3n) is 4.42. The van der Waals surface area contributed by atoms with Crippen LogP contribution in [-0.2, 0) is 0 Å². The molecule has 0 amide bonds. The van der Waals surface area contributed by atoms with Crippen LogP contribution in [-0.4, -0.2) is 72.2 Å². The van der Waals surface area contributed by atoms with Crippen LogP contribution in [0.1, 0.15) is 39.0 Å². The molecule has 2 aliphatic heterocycles. The number of nitrogens with zero attached hydrogens (tertiary/aromatic N) is 4. The molecule has 2 aliphatic rings. The molecule has 0 spiro atoms. The largest absolute Gasteiger partial charge is 0.357 e. The molecule has 0 aromatic carbocycles. The van der Waals surface area contributed by atoms with E-state index >= 15 is 0 Å². The van der Waals surface area contributed by atoms with Crippen molar-refractivity contribution in [2.45, 2.75) is 50.6 Å². The van der Waals surface area contributed by atoms with Crippen molar-refractivity contribution in [3.05, 3.63) is 0 Å². The fourth-order valence-corrected chi connectivity index (χ4v) is 5.37. The zero-order valence-corrected chi connectivity index (χ0v) is 18.3. The van der Waals surface area contributed by atoms with E-state index in [0.29, 0.717) is 6.04 Å². The Morgan fingerprint density at radius 3 is 2.36 bits per heavy atom. The minimum Gasteiger partial charge on any atom is -0.357 e. The number of aliphatic imine (C=N–C) groups is 1. The Bertz CT molecular complexity index is 346. The number of hydrogen-bond acceptors (Lipinski definition) is 6. The standard InChI is InChI=1S/C15H30N4S2.HI/c1-13(9-12-19-10-7-5-6-8-11-19)18(4)15-16-14(17(2)3)20-21-15;/h13,15H,5-12H2,1-4H3;1H. The monoisotopic (exact) mass is 458 g/mol. The van der Waals surface area contributed by atoms with Gasteiger partial charge in [0.2, 0.25) is 0 Å². The molecule has 22 heavy (non-hydrogen) atoms. The molecule has 2 heterocycles. The summed E-state index contributed by atoms with van der Waals surface area (Å²) in [5.41, 5.74) is 0.270. The molecule has 1 fully saturated rings. The summed E-state index contributed by atoms with van der Waals surface area (Å²) >= 11 is 0. The van der Waals surface area contributed by atoms with Gasteiger partial charge in [-0.15, -0.1) is 24.0 Å². The molecule has 0 N–H and O–H groups in total. The molecule has 2 rings (SSSR count). The molecule has 0 radical (unpaired) electrons. The van der Waals surface area contributed by atoms with Crippen molar-refractivity contribution in [3.8, 4) is 0 Å². The summed E-state index contributed by atoms with van der Waals surface area (Å²) in [5, 5.41) is 1.14. The third kappa shape index (κ3) is 6.37. The average molecular weight is 458 g/mol. The first-order valence-corrected chi connectivity index (χ1v) is 10.3. The second-order valence-corrected chi connectivity index (χ2v) is 8.59. The first kappa shape index (κ1) is 20.9. The van der Waals surface area contributed by atoms with Crippen molar-refractivity contribution < 1.29 is 0 Å². The lowest BCUT2D eigenvalue weighted by Crippen LogP contribution is -2.38. The lowest BCUT2D eigenvalue weighted by Gasteiger charge is -2.29. The van der Waals surface area contributed by atoms with Gasteiger partial charge in [-0.05, 0) is 74.5 Å². The number of hydrogen-bond donors (Lipinski definition) is 0. The van der Waals surface area contributed by atoms with Crippen LogP contribution in [0.4, 0.5) is 0 Å². The van der Waals surface area contributed by atoms with E-state index in [9.17, 15) is 0 Å². The summed E-state index contributed by atoms with van der Waals surface area (Å²) in [6.07, 6.45) is 6.85. The van der Waals surface area contributed by atoms with Gasteiger partial charge in [-0.3, -0.25) is 4.90 Å². The van der Waals surface area contributed by atoms with Crippen molar-refractivity contribution >= 4 is 50.7 Å². The predicted octanol–water partition coefficient (Wildman–Crippen LogP) is 3.79. The number of halogens is 1. The maximum absolute atomic E-state index is 4.80. The third-order valence-corrected chi connectivity index (χ3v) is 7.00. The minimum atomic E-state index is 0. The smallest absolute Gasteiger partial charge is 0.172 e. The molecule has 130 valence electrons. The van der Waals surface area contributed by atoms with Crippen LogP contribution in [0, 0.1) is 0 Å². The quantitative estimate of drug-likeness (QED) is 0.461. The van der Waals surface area contributed by atoms with E-state index in [4.69, 9.17) is 4.99 Å². The first-order valence-electron chi connectivity index (χ1n) is 8.10. The van der Waals surface area contributed by atoms with Crippen LogP contribution < -0.4 is 0 Å². The highest BCUT2D eigenvalue weighted by Gasteiger charge is 2.27. The lowest BCUT2D eigenvalue weighted by atomic mass is 10.2. The van der Waals surface area contributed by atoms with Gasteiger partial charge >= 0.3 is 0 Å². The molecule has 7 heteroatoms. The Morgan fingerprint density at radius 1 is 1.18 bits per heavy atom. The SMILES string of the molecule is CC(CCN1CCCCCC1)N(C)C1N=C(N(C)C)SS1.I. The summed E-state index contributed by atoms with van der Waals surface area (Å²) in [4.78, 5) is 12.0. The Labute approximate surface area is 161 Å². The zero-order valence-electron chi connectivity index (χ0n) is 14.3. The number of likely N-dealkylation sites (tertiary alicyclic amines) is 1. The second kappa shape index (κ2) is 10.6. The van der Waals surface area contributed by atoms with E-state index in [1.807, 2.05) is 10.8 Å². The van der Waals surface area contributed by atoms with Crippen molar-refractivity contribution in [2.75, 3.05) is 40.8 Å². The van der Waals surface area contributed by atoms with Gasteiger partial charge in [-0.1, -0.05) is 12.8 Å². The summed E-state index contributed by atoms with van der Waals surface area (Å²) in [5.74, 6) is 0. The van der Waals surface area contributed by atoms with Gasteiger partial charge in [0.25, 0.3) is 0 Å². The van der Waals surface area contributed by atoms with E-state index in [1.54, 1.807) is 10.8 Å². The van der Waals surface area contributed by atoms with Crippen LogP contribution in [0.2, 0.25) is 0 Å². The Hall–Kier alpha value is 0.820. The van der Waals surface area contributed by atoms with Crippen LogP contribution in [0.25, 0.3) is 0 Å². The fraction of sp³-hybridized carbons (Fsp3) is 0.933. The van der Waals surface area contributed by atoms with Crippen LogP contribution in [0.5, 0.6) is 0 Å². The normalized spacial score (nSPS) is 24.6. The summed E-state index contributed by atoms with van der Waals surface area (Å²) in [7, 11) is 10.0. The molecule has 0 saturated carbocycles. The fourth-order valence-electron chi connectivity index (χ4n) is 2.72. The van der Waals surface area contributed by atoms with E-state index < -0.39 is 0 Å². The first-order chi connectivity index (χ1) is 10.1. The van der Waals surface area contributed by atoms with E-state index in [1.165, 1.54) is 51.7 Å². The van der Waals surface area contributed by atoms with Gasteiger partial charge in [0.15, 0.2) is 10.7 Å². The van der Waals surface area contributed by atoms with Crippen molar-refractivity contribution in [2.24, 2.45) is 4.99 Å². The van der Waals surface area contributed by atoms with Crippen molar-refractivity contribution in [3.63, 3.8) is 0 Å². The van der Waals surface area contributed by atoms with Gasteiger partial charge < -0.3 is 9.80 Å². The van der Waals surface area contributed by atoms with Gasteiger partial charge in [-0.25, -0.2) is 4.99 Å². The Balaban J connectivity index is 0.00000242. The highest BCUT2D eigenvalue weighted by atomic mass is 127. The van der Waals surface area contributed by atoms with Crippen LogP contribution in [0.3, 0.4) is 0 Å². The number of amidine groups is 1. The summed E-state index contributed by atoms with van der Waals surface area (Å²) in [6, 6.07) is 0.580. The summed E-state index contributed by atoms with van der Waals surface area (Å²) < 4.78 is 0. The van der Waals surface area contributed by atoms with Crippen LogP contribution >= 0.6 is 45.6 Å². The van der Waals surface area contributed by atoms with E-state index in [2.05, 4.69) is 42.8 Å². The number of rotatable bonds is 5. The molecule has 1 saturated heterocycles. The molecule has 2 unspecified atom stereocenters. The maximum atomic E-state index is 4.80. The second-order valence-electron chi connectivity index (χ2n) is 6.37. The van der Waals surface area contributed by atoms with Crippen LogP contribution in [0.15, 0.2) is 4.99 Å². The zero-order chi connectivity index (χ0) is 15.2. The molecule has 0 aromatic rings. The predicted molar refractivity (Wildman–Crippen MR) is 112 cm³/mol. The molecular weight excluding hydrogens is 427 g/mol. The van der Waals surface area contributed by atoms with Gasteiger partial charge in [0, 0.05) is 20.1 Å². The lowest BCUT2D eigenvalue weighted by molar-refractivity contribution is 0.198. The van der Waals surface area contributed by atoms with E-state index in [0.717, 1.165) is 5.17 Å². The van der Waals surface area contributed by atoms with Crippen molar-refractivity contribution in [1.82, 2.24) is 14.7 Å². The molecular formula is C15H31IN4S2. The maximum Gasteiger partial charge on any atom is 0.172 e. The molecule has 0 aromatic heterocycles. The van der Waals surface area contributed by atoms with Gasteiger partial charge in [0.05, 0.1) is 0 Å². The Kier molecular flexibility index (Phi) is 10.1. The van der Waals surface area contributed by atoms with Crippen molar-refractivity contribution in [1.29, 1.82) is 0 Å². The minimum absolute atomic E-state index is 0.